The smallest absolute Gasteiger partial charge is 0.120 e. The van der Waals surface area contributed by atoms with Crippen LogP contribution in [0.25, 0.3) is 0 Å². The van der Waals surface area contributed by atoms with E-state index in [0.29, 0.717) is 17.3 Å². The number of aryl methyl sites for hydroxylation is 2. The van der Waals surface area contributed by atoms with Crippen LogP contribution in [0.5, 0.6) is 5.75 Å². The number of ether oxygens (including phenoxy) is 1. The van der Waals surface area contributed by atoms with Crippen LogP contribution in [0, 0.1) is 0 Å². The summed E-state index contributed by atoms with van der Waals surface area (Å²) in [7, 11) is 0. The first-order valence-electron chi connectivity index (χ1n) is 7.01. The standard InChI is InChI=1S/C17H18ClNO/c18-17-8-6-15(19)9-14(17)11-20-16-7-5-12-3-1-2-4-13(12)10-16/h5-10H,1-4,11,19H2. The molecular formula is C17H18ClNO. The Morgan fingerprint density at radius 3 is 2.65 bits per heavy atom. The number of nitrogens with two attached hydrogens (primary N) is 1. The third kappa shape index (κ3) is 2.91. The Balaban J connectivity index is 1.73. The molecule has 0 atom stereocenters. The molecule has 3 heteroatoms. The molecule has 2 aromatic carbocycles. The number of nitrogen functional groups attached to an aromatic ring is 1. The van der Waals surface area contributed by atoms with E-state index in [4.69, 9.17) is 22.1 Å². The van der Waals surface area contributed by atoms with Crippen LogP contribution in [0.4, 0.5) is 5.69 Å². The summed E-state index contributed by atoms with van der Waals surface area (Å²) < 4.78 is 5.85. The van der Waals surface area contributed by atoms with Gasteiger partial charge in [-0.3, -0.25) is 0 Å². The van der Waals surface area contributed by atoms with Gasteiger partial charge in [0.1, 0.15) is 12.4 Å². The van der Waals surface area contributed by atoms with Crippen LogP contribution < -0.4 is 10.5 Å². The van der Waals surface area contributed by atoms with Gasteiger partial charge in [-0.25, -0.2) is 0 Å². The molecule has 0 saturated heterocycles. The van der Waals surface area contributed by atoms with Gasteiger partial charge in [-0.15, -0.1) is 0 Å². The predicted molar refractivity (Wildman–Crippen MR) is 83.3 cm³/mol. The lowest BCUT2D eigenvalue weighted by Crippen LogP contribution is -2.03. The Kier molecular flexibility index (Phi) is 3.83. The van der Waals surface area contributed by atoms with Gasteiger partial charge in [0, 0.05) is 16.3 Å². The van der Waals surface area contributed by atoms with Crippen molar-refractivity contribution in [3.63, 3.8) is 0 Å². The predicted octanol–water partition coefficient (Wildman–Crippen LogP) is 4.38. The van der Waals surface area contributed by atoms with Crippen LogP contribution in [0.3, 0.4) is 0 Å². The van der Waals surface area contributed by atoms with Crippen molar-refractivity contribution < 1.29 is 4.74 Å². The van der Waals surface area contributed by atoms with E-state index >= 15 is 0 Å². The van der Waals surface area contributed by atoms with Crippen molar-refractivity contribution in [1.82, 2.24) is 0 Å². The van der Waals surface area contributed by atoms with Crippen molar-refractivity contribution in [2.45, 2.75) is 32.3 Å². The van der Waals surface area contributed by atoms with Gasteiger partial charge in [0.25, 0.3) is 0 Å². The Morgan fingerprint density at radius 2 is 1.80 bits per heavy atom. The summed E-state index contributed by atoms with van der Waals surface area (Å²) in [6.45, 7) is 0.447. The second-order valence-corrected chi connectivity index (χ2v) is 5.68. The average Bonchev–Trinajstić information content (AvgIpc) is 2.48. The molecule has 0 radical (unpaired) electrons. The number of rotatable bonds is 3. The molecule has 104 valence electrons. The Labute approximate surface area is 124 Å². The van der Waals surface area contributed by atoms with Crippen molar-refractivity contribution in [1.29, 1.82) is 0 Å². The molecule has 0 aliphatic heterocycles. The van der Waals surface area contributed by atoms with Gasteiger partial charge in [0.15, 0.2) is 0 Å². The minimum absolute atomic E-state index is 0.447. The quantitative estimate of drug-likeness (QED) is 0.850. The highest BCUT2D eigenvalue weighted by Crippen LogP contribution is 2.26. The number of fused-ring (bicyclic) bond motifs is 1. The number of benzene rings is 2. The third-order valence-corrected chi connectivity index (χ3v) is 4.15. The zero-order valence-corrected chi connectivity index (χ0v) is 12.1. The summed E-state index contributed by atoms with van der Waals surface area (Å²) in [6.07, 6.45) is 4.92. The molecule has 20 heavy (non-hydrogen) atoms. The molecule has 0 heterocycles. The Morgan fingerprint density at radius 1 is 1.00 bits per heavy atom. The van der Waals surface area contributed by atoms with E-state index < -0.39 is 0 Å². The van der Waals surface area contributed by atoms with E-state index in [1.54, 1.807) is 6.07 Å². The molecule has 3 rings (SSSR count). The van der Waals surface area contributed by atoms with E-state index in [0.717, 1.165) is 17.7 Å². The fraction of sp³-hybridized carbons (Fsp3) is 0.294. The van der Waals surface area contributed by atoms with E-state index in [9.17, 15) is 0 Å². The van der Waals surface area contributed by atoms with Crippen molar-refractivity contribution in [2.24, 2.45) is 0 Å². The van der Waals surface area contributed by atoms with Crippen molar-refractivity contribution in [3.8, 4) is 5.75 Å². The van der Waals surface area contributed by atoms with Crippen molar-refractivity contribution >= 4 is 17.3 Å². The lowest BCUT2D eigenvalue weighted by Gasteiger charge is -2.17. The van der Waals surface area contributed by atoms with Gasteiger partial charge in [0.2, 0.25) is 0 Å². The van der Waals surface area contributed by atoms with Crippen LogP contribution in [0.2, 0.25) is 5.02 Å². The molecule has 1 aliphatic carbocycles. The molecular weight excluding hydrogens is 270 g/mol. The van der Waals surface area contributed by atoms with Crippen LogP contribution in [0.15, 0.2) is 36.4 Å². The van der Waals surface area contributed by atoms with Gasteiger partial charge in [0.05, 0.1) is 0 Å². The monoisotopic (exact) mass is 287 g/mol. The highest BCUT2D eigenvalue weighted by atomic mass is 35.5. The molecule has 0 fully saturated rings. The highest BCUT2D eigenvalue weighted by molar-refractivity contribution is 6.31. The van der Waals surface area contributed by atoms with E-state index in [2.05, 4.69) is 12.1 Å². The van der Waals surface area contributed by atoms with Gasteiger partial charge < -0.3 is 10.5 Å². The van der Waals surface area contributed by atoms with Crippen LogP contribution in [-0.2, 0) is 19.4 Å². The lowest BCUT2D eigenvalue weighted by molar-refractivity contribution is 0.306. The minimum Gasteiger partial charge on any atom is -0.489 e. The fourth-order valence-electron chi connectivity index (χ4n) is 2.67. The summed E-state index contributed by atoms with van der Waals surface area (Å²) in [6, 6.07) is 11.9. The summed E-state index contributed by atoms with van der Waals surface area (Å²) >= 11 is 6.14. The molecule has 0 unspecified atom stereocenters. The Hall–Kier alpha value is -1.67. The van der Waals surface area contributed by atoms with Gasteiger partial charge in [-0.2, -0.15) is 0 Å². The number of hydrogen-bond acceptors (Lipinski definition) is 2. The lowest BCUT2D eigenvalue weighted by atomic mass is 9.92. The van der Waals surface area contributed by atoms with Crippen LogP contribution in [-0.4, -0.2) is 0 Å². The molecule has 0 amide bonds. The third-order valence-electron chi connectivity index (χ3n) is 3.78. The molecule has 0 bridgehead atoms. The maximum Gasteiger partial charge on any atom is 0.120 e. The normalized spacial score (nSPS) is 13.8. The number of halogens is 1. The number of hydrogen-bond donors (Lipinski definition) is 1. The second kappa shape index (κ2) is 5.76. The molecule has 2 N–H and O–H groups in total. The van der Waals surface area contributed by atoms with Gasteiger partial charge >= 0.3 is 0 Å². The summed E-state index contributed by atoms with van der Waals surface area (Å²) in [5, 5.41) is 0.692. The number of anilines is 1. The molecule has 1 aliphatic rings. The van der Waals surface area contributed by atoms with E-state index in [1.165, 1.54) is 30.4 Å². The maximum atomic E-state index is 6.14. The maximum absolute atomic E-state index is 6.14. The SMILES string of the molecule is Nc1ccc(Cl)c(COc2ccc3c(c2)CCCC3)c1. The first kappa shape index (κ1) is 13.3. The minimum atomic E-state index is 0.447. The summed E-state index contributed by atoms with van der Waals surface area (Å²) in [4.78, 5) is 0. The fourth-order valence-corrected chi connectivity index (χ4v) is 2.84. The zero-order chi connectivity index (χ0) is 13.9. The summed E-state index contributed by atoms with van der Waals surface area (Å²) in [5.74, 6) is 0.907. The topological polar surface area (TPSA) is 35.2 Å². The molecule has 0 spiro atoms. The second-order valence-electron chi connectivity index (χ2n) is 5.28. The first-order chi connectivity index (χ1) is 9.72. The highest BCUT2D eigenvalue weighted by Gasteiger charge is 2.10. The average molecular weight is 288 g/mol. The van der Waals surface area contributed by atoms with Crippen LogP contribution >= 0.6 is 11.6 Å². The Bertz CT molecular complexity index is 624. The molecule has 2 aromatic rings. The van der Waals surface area contributed by atoms with Crippen molar-refractivity contribution in [3.05, 3.63) is 58.1 Å². The zero-order valence-electron chi connectivity index (χ0n) is 11.4. The van der Waals surface area contributed by atoms with Crippen molar-refractivity contribution in [2.75, 3.05) is 5.73 Å². The first-order valence-corrected chi connectivity index (χ1v) is 7.39. The molecule has 0 saturated carbocycles. The summed E-state index contributed by atoms with van der Waals surface area (Å²) in [5.41, 5.74) is 10.3. The van der Waals surface area contributed by atoms with Gasteiger partial charge in [-0.1, -0.05) is 17.7 Å². The molecule has 2 nitrogen and oxygen atoms in total. The van der Waals surface area contributed by atoms with E-state index in [-0.39, 0.29) is 0 Å². The largest absolute Gasteiger partial charge is 0.489 e. The van der Waals surface area contributed by atoms with E-state index in [1.807, 2.05) is 18.2 Å². The van der Waals surface area contributed by atoms with Gasteiger partial charge in [-0.05, 0) is 67.1 Å². The molecule has 0 aromatic heterocycles. The van der Waals surface area contributed by atoms with Crippen LogP contribution in [0.1, 0.15) is 29.5 Å².